The molecule has 0 fully saturated rings. The van der Waals surface area contributed by atoms with Gasteiger partial charge in [-0.1, -0.05) is 6.92 Å². The molecule has 0 unspecified atom stereocenters. The highest BCUT2D eigenvalue weighted by Gasteiger charge is 2.10. The summed E-state index contributed by atoms with van der Waals surface area (Å²) in [5.74, 6) is 1.53. The van der Waals surface area contributed by atoms with Crippen molar-refractivity contribution in [2.75, 3.05) is 0 Å². The first-order chi connectivity index (χ1) is 7.04. The van der Waals surface area contributed by atoms with Crippen LogP contribution in [0.2, 0.25) is 0 Å². The van der Waals surface area contributed by atoms with Crippen molar-refractivity contribution in [3.63, 3.8) is 0 Å². The lowest BCUT2D eigenvalue weighted by Gasteiger charge is -1.99. The van der Waals surface area contributed by atoms with Gasteiger partial charge in [0.05, 0.1) is 0 Å². The van der Waals surface area contributed by atoms with E-state index in [9.17, 15) is 4.79 Å². The Labute approximate surface area is 88.3 Å². The number of hydrogen-bond donors (Lipinski definition) is 2. The number of urea groups is 1. The SMILES string of the molecule is CCc1cc(C)oc1C(C)=NNC(N)=O. The van der Waals surface area contributed by atoms with Crippen molar-refractivity contribution in [1.29, 1.82) is 0 Å². The summed E-state index contributed by atoms with van der Waals surface area (Å²) in [5.41, 5.74) is 8.76. The minimum Gasteiger partial charge on any atom is -0.460 e. The van der Waals surface area contributed by atoms with Gasteiger partial charge < -0.3 is 10.2 Å². The second-order valence-electron chi connectivity index (χ2n) is 3.24. The average molecular weight is 209 g/mol. The Bertz CT molecular complexity index is 393. The highest BCUT2D eigenvalue weighted by Crippen LogP contribution is 2.16. The molecule has 0 saturated carbocycles. The largest absolute Gasteiger partial charge is 0.460 e. The van der Waals surface area contributed by atoms with E-state index in [-0.39, 0.29) is 0 Å². The molecule has 3 N–H and O–H groups in total. The summed E-state index contributed by atoms with van der Waals surface area (Å²) in [4.78, 5) is 10.5. The van der Waals surface area contributed by atoms with Gasteiger partial charge in [0.15, 0.2) is 5.76 Å². The van der Waals surface area contributed by atoms with Crippen LogP contribution in [-0.2, 0) is 6.42 Å². The lowest BCUT2D eigenvalue weighted by atomic mass is 10.1. The number of nitrogens with two attached hydrogens (primary N) is 1. The van der Waals surface area contributed by atoms with Gasteiger partial charge in [-0.2, -0.15) is 5.10 Å². The highest BCUT2D eigenvalue weighted by molar-refractivity contribution is 5.98. The van der Waals surface area contributed by atoms with Crippen LogP contribution in [0.1, 0.15) is 30.9 Å². The first-order valence-electron chi connectivity index (χ1n) is 4.74. The highest BCUT2D eigenvalue weighted by atomic mass is 16.3. The Morgan fingerprint density at radius 2 is 2.33 bits per heavy atom. The maximum absolute atomic E-state index is 10.5. The molecule has 0 bridgehead atoms. The first kappa shape index (κ1) is 11.3. The number of aryl methyl sites for hydroxylation is 2. The third kappa shape index (κ3) is 2.83. The van der Waals surface area contributed by atoms with Gasteiger partial charge in [-0.25, -0.2) is 10.2 Å². The zero-order chi connectivity index (χ0) is 11.4. The second-order valence-corrected chi connectivity index (χ2v) is 3.24. The van der Waals surface area contributed by atoms with Crippen LogP contribution in [0.25, 0.3) is 0 Å². The van der Waals surface area contributed by atoms with E-state index >= 15 is 0 Å². The molecule has 1 aromatic rings. The average Bonchev–Trinajstić information content (AvgIpc) is 2.56. The molecule has 0 atom stereocenters. The van der Waals surface area contributed by atoms with Gasteiger partial charge in [0.25, 0.3) is 0 Å². The van der Waals surface area contributed by atoms with E-state index < -0.39 is 6.03 Å². The summed E-state index contributed by atoms with van der Waals surface area (Å²) in [6.45, 7) is 5.66. The Hall–Kier alpha value is -1.78. The van der Waals surface area contributed by atoms with Gasteiger partial charge in [-0.15, -0.1) is 0 Å². The summed E-state index contributed by atoms with van der Waals surface area (Å²) >= 11 is 0. The van der Waals surface area contributed by atoms with Crippen LogP contribution in [0, 0.1) is 6.92 Å². The molecule has 5 heteroatoms. The van der Waals surface area contributed by atoms with Gasteiger partial charge >= 0.3 is 6.03 Å². The van der Waals surface area contributed by atoms with Gasteiger partial charge in [-0.3, -0.25) is 0 Å². The number of rotatable bonds is 3. The predicted molar refractivity (Wildman–Crippen MR) is 57.8 cm³/mol. The molecule has 0 aromatic carbocycles. The van der Waals surface area contributed by atoms with E-state index in [1.165, 1.54) is 0 Å². The monoisotopic (exact) mass is 209 g/mol. The lowest BCUT2D eigenvalue weighted by Crippen LogP contribution is -2.25. The number of hydrogen-bond acceptors (Lipinski definition) is 3. The summed E-state index contributed by atoms with van der Waals surface area (Å²) in [7, 11) is 0. The number of hydrazone groups is 1. The molecule has 2 amide bonds. The van der Waals surface area contributed by atoms with Crippen molar-refractivity contribution in [2.45, 2.75) is 27.2 Å². The van der Waals surface area contributed by atoms with Gasteiger partial charge in [0.1, 0.15) is 11.5 Å². The third-order valence-electron chi connectivity index (χ3n) is 1.98. The van der Waals surface area contributed by atoms with Crippen molar-refractivity contribution in [3.05, 3.63) is 23.2 Å². The summed E-state index contributed by atoms with van der Waals surface area (Å²) in [6.07, 6.45) is 0.857. The van der Waals surface area contributed by atoms with Gasteiger partial charge in [-0.05, 0) is 31.9 Å². The second kappa shape index (κ2) is 4.63. The van der Waals surface area contributed by atoms with Crippen LogP contribution in [0.5, 0.6) is 0 Å². The molecular weight excluding hydrogens is 194 g/mol. The fraction of sp³-hybridized carbons (Fsp3) is 0.400. The smallest absolute Gasteiger partial charge is 0.332 e. The molecule has 0 spiro atoms. The van der Waals surface area contributed by atoms with Crippen LogP contribution in [0.15, 0.2) is 15.6 Å². The molecule has 0 saturated heterocycles. The minimum absolute atomic E-state index is 0.610. The fourth-order valence-electron chi connectivity index (χ4n) is 1.33. The number of carbonyl (C=O) groups is 1. The zero-order valence-corrected chi connectivity index (χ0v) is 9.13. The lowest BCUT2D eigenvalue weighted by molar-refractivity contribution is 0.249. The molecule has 1 aromatic heterocycles. The molecule has 0 aliphatic heterocycles. The molecule has 15 heavy (non-hydrogen) atoms. The van der Waals surface area contributed by atoms with E-state index in [4.69, 9.17) is 10.2 Å². The Kier molecular flexibility index (Phi) is 3.49. The number of primary amides is 1. The molecule has 0 aliphatic carbocycles. The number of nitrogens with zero attached hydrogens (tertiary/aromatic N) is 1. The first-order valence-corrected chi connectivity index (χ1v) is 4.74. The van der Waals surface area contributed by atoms with Crippen molar-refractivity contribution in [1.82, 2.24) is 5.43 Å². The van der Waals surface area contributed by atoms with E-state index in [1.807, 2.05) is 19.9 Å². The van der Waals surface area contributed by atoms with Gasteiger partial charge in [0.2, 0.25) is 0 Å². The van der Waals surface area contributed by atoms with Crippen molar-refractivity contribution < 1.29 is 9.21 Å². The minimum atomic E-state index is -0.685. The van der Waals surface area contributed by atoms with Gasteiger partial charge in [0, 0.05) is 0 Å². The number of furan rings is 1. The van der Waals surface area contributed by atoms with Crippen molar-refractivity contribution >= 4 is 11.7 Å². The predicted octanol–water partition coefficient (Wildman–Crippen LogP) is 1.54. The van der Waals surface area contributed by atoms with E-state index in [2.05, 4.69) is 10.5 Å². The zero-order valence-electron chi connectivity index (χ0n) is 9.13. The maximum atomic E-state index is 10.5. The normalized spacial score (nSPS) is 11.5. The van der Waals surface area contributed by atoms with Crippen LogP contribution < -0.4 is 11.2 Å². The number of amides is 2. The van der Waals surface area contributed by atoms with Crippen LogP contribution in [0.3, 0.4) is 0 Å². The van der Waals surface area contributed by atoms with E-state index in [0.717, 1.165) is 17.7 Å². The molecule has 82 valence electrons. The Morgan fingerprint density at radius 3 is 2.87 bits per heavy atom. The number of carbonyl (C=O) groups excluding carboxylic acids is 1. The quantitative estimate of drug-likeness (QED) is 0.585. The van der Waals surface area contributed by atoms with Crippen molar-refractivity contribution in [2.24, 2.45) is 10.8 Å². The molecule has 1 rings (SSSR count). The molecule has 0 radical (unpaired) electrons. The fourth-order valence-corrected chi connectivity index (χ4v) is 1.33. The molecule has 5 nitrogen and oxygen atoms in total. The van der Waals surface area contributed by atoms with Crippen LogP contribution in [-0.4, -0.2) is 11.7 Å². The van der Waals surface area contributed by atoms with E-state index in [0.29, 0.717) is 11.5 Å². The summed E-state index contributed by atoms with van der Waals surface area (Å²) in [6, 6.07) is 1.27. The maximum Gasteiger partial charge on any atom is 0.332 e. The summed E-state index contributed by atoms with van der Waals surface area (Å²) in [5, 5.41) is 3.81. The third-order valence-corrected chi connectivity index (χ3v) is 1.98. The molecule has 1 heterocycles. The Morgan fingerprint density at radius 1 is 1.67 bits per heavy atom. The molecular formula is C10H15N3O2. The Balaban J connectivity index is 2.94. The standard InChI is InChI=1S/C10H15N3O2/c1-4-8-5-6(2)15-9(8)7(3)12-13-10(11)14/h5H,4H2,1-3H3,(H3,11,13,14). The number of nitrogens with one attached hydrogen (secondary N) is 1. The van der Waals surface area contributed by atoms with E-state index in [1.54, 1.807) is 6.92 Å². The summed E-state index contributed by atoms with van der Waals surface area (Å²) < 4.78 is 5.48. The topological polar surface area (TPSA) is 80.6 Å². The molecule has 0 aliphatic rings. The van der Waals surface area contributed by atoms with Crippen molar-refractivity contribution in [3.8, 4) is 0 Å². The van der Waals surface area contributed by atoms with Crippen LogP contribution >= 0.6 is 0 Å². The van der Waals surface area contributed by atoms with Crippen LogP contribution in [0.4, 0.5) is 4.79 Å².